The maximum atomic E-state index is 5.82. The molecule has 1 spiro atoms. The number of hydrogen-bond donors (Lipinski definition) is 1. The number of nitrogens with one attached hydrogen (secondary N) is 1. The van der Waals surface area contributed by atoms with Crippen molar-refractivity contribution in [3.05, 3.63) is 24.2 Å². The first-order valence-corrected chi connectivity index (χ1v) is 9.49. The van der Waals surface area contributed by atoms with Gasteiger partial charge >= 0.3 is 0 Å². The van der Waals surface area contributed by atoms with Gasteiger partial charge in [-0.3, -0.25) is 4.99 Å². The van der Waals surface area contributed by atoms with Crippen LogP contribution in [0.15, 0.2) is 27.8 Å². The van der Waals surface area contributed by atoms with Gasteiger partial charge in [0.1, 0.15) is 5.76 Å². The normalized spacial score (nSPS) is 27.2. The number of guanidine groups is 1. The predicted molar refractivity (Wildman–Crippen MR) is 110 cm³/mol. The number of halogens is 1. The number of ether oxygens (including phenoxy) is 1. The van der Waals surface area contributed by atoms with Crippen molar-refractivity contribution < 1.29 is 9.15 Å². The Morgan fingerprint density at radius 2 is 2.20 bits per heavy atom. The second-order valence-corrected chi connectivity index (χ2v) is 7.63. The number of furan rings is 1. The lowest BCUT2D eigenvalue weighted by Crippen LogP contribution is -2.53. The van der Waals surface area contributed by atoms with E-state index in [4.69, 9.17) is 14.1 Å². The van der Waals surface area contributed by atoms with Crippen LogP contribution in [0.1, 0.15) is 44.3 Å². The lowest BCUT2D eigenvalue weighted by molar-refractivity contribution is -0.0370. The standard InChI is InChI=1S/C19H29N3O2.HI/c1-4-17(24-13-1)7-10-20-18(21-16-5-6-16)22-11-2-8-19(14-22)9-3-12-23-15-19;/h1,4,13,16H,2-3,5-12,14-15H2,(H,20,21);1H. The summed E-state index contributed by atoms with van der Waals surface area (Å²) in [6.07, 6.45) is 10.2. The van der Waals surface area contributed by atoms with Gasteiger partial charge < -0.3 is 19.4 Å². The largest absolute Gasteiger partial charge is 0.469 e. The molecule has 0 aromatic carbocycles. The van der Waals surface area contributed by atoms with Crippen molar-refractivity contribution >= 4 is 29.9 Å². The van der Waals surface area contributed by atoms with Crippen LogP contribution in [0.25, 0.3) is 0 Å². The van der Waals surface area contributed by atoms with E-state index >= 15 is 0 Å². The minimum atomic E-state index is 0. The molecule has 0 radical (unpaired) electrons. The number of nitrogens with zero attached hydrogens (tertiary/aromatic N) is 2. The molecule has 1 aliphatic carbocycles. The van der Waals surface area contributed by atoms with Crippen LogP contribution in [0.5, 0.6) is 0 Å². The van der Waals surface area contributed by atoms with Crippen LogP contribution in [0.3, 0.4) is 0 Å². The Bertz CT molecular complexity index is 546. The summed E-state index contributed by atoms with van der Waals surface area (Å²) in [4.78, 5) is 7.40. The average molecular weight is 459 g/mol. The summed E-state index contributed by atoms with van der Waals surface area (Å²) in [6.45, 7) is 4.84. The third kappa shape index (κ3) is 5.12. The lowest BCUT2D eigenvalue weighted by Gasteiger charge is -2.45. The molecule has 2 aliphatic heterocycles. The van der Waals surface area contributed by atoms with Crippen molar-refractivity contribution in [3.63, 3.8) is 0 Å². The van der Waals surface area contributed by atoms with Gasteiger partial charge in [-0.2, -0.15) is 0 Å². The van der Waals surface area contributed by atoms with E-state index in [1.807, 2.05) is 12.1 Å². The molecule has 2 saturated heterocycles. The zero-order valence-corrected chi connectivity index (χ0v) is 17.2. The van der Waals surface area contributed by atoms with Gasteiger partial charge in [0, 0.05) is 44.1 Å². The van der Waals surface area contributed by atoms with Crippen molar-refractivity contribution in [1.29, 1.82) is 0 Å². The molecule has 3 aliphatic rings. The minimum Gasteiger partial charge on any atom is -0.469 e. The zero-order valence-electron chi connectivity index (χ0n) is 14.9. The van der Waals surface area contributed by atoms with Crippen LogP contribution in [0.2, 0.25) is 0 Å². The molecular formula is C19H30IN3O2. The summed E-state index contributed by atoms with van der Waals surface area (Å²) < 4.78 is 11.2. The number of rotatable bonds is 4. The summed E-state index contributed by atoms with van der Waals surface area (Å²) in [6, 6.07) is 4.60. The SMILES string of the molecule is I.c1coc(CCN=C(NC2CC2)N2CCCC3(CCCOC3)C2)c1. The van der Waals surface area contributed by atoms with Crippen molar-refractivity contribution in [3.8, 4) is 0 Å². The monoisotopic (exact) mass is 459 g/mol. The van der Waals surface area contributed by atoms with Crippen molar-refractivity contribution in [1.82, 2.24) is 10.2 Å². The molecule has 6 heteroatoms. The Hall–Kier alpha value is -0.760. The van der Waals surface area contributed by atoms with E-state index in [1.54, 1.807) is 6.26 Å². The second kappa shape index (κ2) is 8.75. The van der Waals surface area contributed by atoms with Gasteiger partial charge in [0.05, 0.1) is 12.9 Å². The van der Waals surface area contributed by atoms with Crippen LogP contribution < -0.4 is 5.32 Å². The smallest absolute Gasteiger partial charge is 0.194 e. The zero-order chi connectivity index (χ0) is 16.2. The Morgan fingerprint density at radius 1 is 1.32 bits per heavy atom. The molecule has 5 nitrogen and oxygen atoms in total. The highest BCUT2D eigenvalue weighted by Crippen LogP contribution is 2.37. The van der Waals surface area contributed by atoms with Crippen LogP contribution in [0, 0.1) is 5.41 Å². The molecule has 0 bridgehead atoms. The first-order valence-electron chi connectivity index (χ1n) is 9.49. The predicted octanol–water partition coefficient (Wildman–Crippen LogP) is 3.44. The van der Waals surface area contributed by atoms with E-state index < -0.39 is 0 Å². The third-order valence-electron chi connectivity index (χ3n) is 5.48. The summed E-state index contributed by atoms with van der Waals surface area (Å²) in [5.74, 6) is 2.12. The molecule has 1 aromatic heterocycles. The van der Waals surface area contributed by atoms with E-state index in [0.717, 1.165) is 51.0 Å². The molecule has 1 unspecified atom stereocenters. The highest BCUT2D eigenvalue weighted by atomic mass is 127. The Morgan fingerprint density at radius 3 is 2.92 bits per heavy atom. The number of likely N-dealkylation sites (tertiary alicyclic amines) is 1. The van der Waals surface area contributed by atoms with E-state index in [-0.39, 0.29) is 24.0 Å². The van der Waals surface area contributed by atoms with Gasteiger partial charge in [0.15, 0.2) is 5.96 Å². The highest BCUT2D eigenvalue weighted by Gasteiger charge is 2.39. The molecule has 3 heterocycles. The van der Waals surface area contributed by atoms with Crippen molar-refractivity contribution in [2.24, 2.45) is 10.4 Å². The Kier molecular flexibility index (Phi) is 6.66. The van der Waals surface area contributed by atoms with Crippen molar-refractivity contribution in [2.45, 2.75) is 51.0 Å². The molecule has 1 atom stereocenters. The minimum absolute atomic E-state index is 0. The lowest BCUT2D eigenvalue weighted by atomic mass is 9.76. The molecule has 25 heavy (non-hydrogen) atoms. The maximum Gasteiger partial charge on any atom is 0.194 e. The molecule has 3 fully saturated rings. The third-order valence-corrected chi connectivity index (χ3v) is 5.48. The van der Waals surface area contributed by atoms with E-state index in [0.29, 0.717) is 11.5 Å². The maximum absolute atomic E-state index is 5.82. The topological polar surface area (TPSA) is 50.0 Å². The van der Waals surface area contributed by atoms with Crippen LogP contribution in [-0.4, -0.2) is 49.7 Å². The van der Waals surface area contributed by atoms with E-state index in [2.05, 4.69) is 10.2 Å². The van der Waals surface area contributed by atoms with E-state index in [9.17, 15) is 0 Å². The van der Waals surface area contributed by atoms with Crippen molar-refractivity contribution in [2.75, 3.05) is 32.8 Å². The average Bonchev–Trinajstić information content (AvgIpc) is 3.27. The summed E-state index contributed by atoms with van der Waals surface area (Å²) in [7, 11) is 0. The molecule has 4 rings (SSSR count). The fourth-order valence-electron chi connectivity index (χ4n) is 3.99. The van der Waals surface area contributed by atoms with E-state index in [1.165, 1.54) is 38.5 Å². The molecule has 1 N–H and O–H groups in total. The number of piperidine rings is 1. The molecule has 0 amide bonds. The van der Waals surface area contributed by atoms with Gasteiger partial charge in [-0.15, -0.1) is 24.0 Å². The van der Waals surface area contributed by atoms with Crippen LogP contribution in [0.4, 0.5) is 0 Å². The van der Waals surface area contributed by atoms with Crippen LogP contribution >= 0.6 is 24.0 Å². The molecule has 1 saturated carbocycles. The summed E-state index contributed by atoms with van der Waals surface area (Å²) in [5.41, 5.74) is 0.351. The molecule has 140 valence electrons. The second-order valence-electron chi connectivity index (χ2n) is 7.63. The van der Waals surface area contributed by atoms with Crippen LogP contribution in [-0.2, 0) is 11.2 Å². The highest BCUT2D eigenvalue weighted by molar-refractivity contribution is 14.0. The number of hydrogen-bond acceptors (Lipinski definition) is 3. The Balaban J connectivity index is 0.00000182. The van der Waals surface area contributed by atoms with Gasteiger partial charge in [0.25, 0.3) is 0 Å². The quantitative estimate of drug-likeness (QED) is 0.426. The first-order chi connectivity index (χ1) is 11.8. The van der Waals surface area contributed by atoms with Gasteiger partial charge in [-0.1, -0.05) is 0 Å². The van der Waals surface area contributed by atoms with Gasteiger partial charge in [-0.25, -0.2) is 0 Å². The molecular weight excluding hydrogens is 429 g/mol. The summed E-state index contributed by atoms with van der Waals surface area (Å²) in [5, 5.41) is 3.67. The number of aliphatic imine (C=N–C) groups is 1. The Labute approximate surface area is 167 Å². The first kappa shape index (κ1) is 19.0. The van der Waals surface area contributed by atoms with Gasteiger partial charge in [-0.05, 0) is 50.7 Å². The summed E-state index contributed by atoms with van der Waals surface area (Å²) >= 11 is 0. The van der Waals surface area contributed by atoms with Gasteiger partial charge in [0.2, 0.25) is 0 Å². The molecule has 1 aromatic rings. The fraction of sp³-hybridized carbons (Fsp3) is 0.737. The fourth-order valence-corrected chi connectivity index (χ4v) is 3.99.